The Hall–Kier alpha value is -0.910. The summed E-state index contributed by atoms with van der Waals surface area (Å²) in [7, 11) is 0. The van der Waals surface area contributed by atoms with Crippen molar-refractivity contribution in [3.8, 4) is 0 Å². The third-order valence-electron chi connectivity index (χ3n) is 3.31. The van der Waals surface area contributed by atoms with Gasteiger partial charge >= 0.3 is 0 Å². The number of benzene rings is 1. The van der Waals surface area contributed by atoms with Gasteiger partial charge in [0.2, 0.25) is 0 Å². The van der Waals surface area contributed by atoms with Gasteiger partial charge in [0.15, 0.2) is 0 Å². The molecule has 19 heavy (non-hydrogen) atoms. The van der Waals surface area contributed by atoms with Crippen molar-refractivity contribution in [3.63, 3.8) is 0 Å². The maximum atomic E-state index is 12.6. The standard InChI is InChI=1S/C14H14BrNO2S/c15-7-10-8-16(5-6-18-10)14(17)12-9-19-13-4-2-1-3-11(12)13/h1-4,9-10H,5-8H2. The zero-order valence-electron chi connectivity index (χ0n) is 10.3. The van der Waals surface area contributed by atoms with Gasteiger partial charge in [-0.2, -0.15) is 0 Å². The van der Waals surface area contributed by atoms with E-state index >= 15 is 0 Å². The Balaban J connectivity index is 1.87. The first-order chi connectivity index (χ1) is 9.29. The highest BCUT2D eigenvalue weighted by Gasteiger charge is 2.25. The number of nitrogens with zero attached hydrogens (tertiary/aromatic N) is 1. The van der Waals surface area contributed by atoms with Crippen LogP contribution < -0.4 is 0 Å². The van der Waals surface area contributed by atoms with Crippen LogP contribution in [0.2, 0.25) is 0 Å². The Bertz CT molecular complexity index is 598. The molecule has 0 bridgehead atoms. The molecule has 2 heterocycles. The predicted octanol–water partition coefficient (Wildman–Crippen LogP) is 3.14. The van der Waals surface area contributed by atoms with Crippen LogP contribution in [0, 0.1) is 0 Å². The zero-order valence-corrected chi connectivity index (χ0v) is 12.7. The van der Waals surface area contributed by atoms with Crippen LogP contribution >= 0.6 is 27.3 Å². The van der Waals surface area contributed by atoms with Crippen molar-refractivity contribution >= 4 is 43.3 Å². The molecule has 0 aliphatic carbocycles. The lowest BCUT2D eigenvalue weighted by atomic mass is 10.1. The Morgan fingerprint density at radius 1 is 1.47 bits per heavy atom. The third-order valence-corrected chi connectivity index (χ3v) is 5.00. The summed E-state index contributed by atoms with van der Waals surface area (Å²) >= 11 is 5.04. The van der Waals surface area contributed by atoms with E-state index in [0.29, 0.717) is 19.7 Å². The number of carbonyl (C=O) groups excluding carboxylic acids is 1. The molecular formula is C14H14BrNO2S. The summed E-state index contributed by atoms with van der Waals surface area (Å²) in [6, 6.07) is 8.05. The van der Waals surface area contributed by atoms with Gasteiger partial charge in [-0.05, 0) is 6.07 Å². The Labute approximate surface area is 124 Å². The molecule has 1 unspecified atom stereocenters. The zero-order chi connectivity index (χ0) is 13.2. The minimum atomic E-state index is 0.0996. The molecule has 1 amide bonds. The van der Waals surface area contributed by atoms with E-state index in [1.54, 1.807) is 11.3 Å². The highest BCUT2D eigenvalue weighted by atomic mass is 79.9. The van der Waals surface area contributed by atoms with Gasteiger partial charge in [-0.15, -0.1) is 11.3 Å². The number of halogens is 1. The Kier molecular flexibility index (Phi) is 3.86. The summed E-state index contributed by atoms with van der Waals surface area (Å²) in [5, 5.41) is 3.78. The van der Waals surface area contributed by atoms with E-state index in [0.717, 1.165) is 21.0 Å². The fraction of sp³-hybridized carbons (Fsp3) is 0.357. The molecule has 1 aromatic carbocycles. The minimum Gasteiger partial charge on any atom is -0.374 e. The van der Waals surface area contributed by atoms with Crippen molar-refractivity contribution in [2.45, 2.75) is 6.10 Å². The van der Waals surface area contributed by atoms with Crippen LogP contribution in [0.5, 0.6) is 0 Å². The molecule has 100 valence electrons. The van der Waals surface area contributed by atoms with E-state index in [4.69, 9.17) is 4.74 Å². The second-order valence-corrected chi connectivity index (χ2v) is 6.10. The van der Waals surface area contributed by atoms with Crippen LogP contribution in [-0.2, 0) is 4.74 Å². The van der Waals surface area contributed by atoms with Crippen LogP contribution in [0.4, 0.5) is 0 Å². The van der Waals surface area contributed by atoms with Gasteiger partial charge < -0.3 is 9.64 Å². The van der Waals surface area contributed by atoms with E-state index in [-0.39, 0.29) is 12.0 Å². The van der Waals surface area contributed by atoms with Gasteiger partial charge in [0.05, 0.1) is 18.3 Å². The van der Waals surface area contributed by atoms with Gasteiger partial charge in [-0.25, -0.2) is 0 Å². The average molecular weight is 340 g/mol. The predicted molar refractivity (Wildman–Crippen MR) is 81.3 cm³/mol. The van der Waals surface area contributed by atoms with E-state index < -0.39 is 0 Å². The maximum Gasteiger partial charge on any atom is 0.255 e. The van der Waals surface area contributed by atoms with E-state index in [2.05, 4.69) is 22.0 Å². The molecule has 1 aliphatic heterocycles. The number of ether oxygens (including phenoxy) is 1. The number of rotatable bonds is 2. The van der Waals surface area contributed by atoms with Crippen molar-refractivity contribution in [3.05, 3.63) is 35.2 Å². The Morgan fingerprint density at radius 2 is 2.32 bits per heavy atom. The van der Waals surface area contributed by atoms with E-state index in [1.165, 1.54) is 0 Å². The van der Waals surface area contributed by atoms with Crippen LogP contribution in [0.3, 0.4) is 0 Å². The molecule has 0 radical (unpaired) electrons. The molecule has 1 fully saturated rings. The summed E-state index contributed by atoms with van der Waals surface area (Å²) in [5.74, 6) is 0.117. The lowest BCUT2D eigenvalue weighted by Crippen LogP contribution is -2.46. The molecule has 5 heteroatoms. The van der Waals surface area contributed by atoms with Crippen LogP contribution in [-0.4, -0.2) is 41.9 Å². The fourth-order valence-corrected chi connectivity index (χ4v) is 3.64. The van der Waals surface area contributed by atoms with Gasteiger partial charge in [-0.1, -0.05) is 34.1 Å². The number of morpholine rings is 1. The third kappa shape index (κ3) is 2.55. The van der Waals surface area contributed by atoms with Gasteiger partial charge in [-0.3, -0.25) is 4.79 Å². The molecule has 1 aliphatic rings. The summed E-state index contributed by atoms with van der Waals surface area (Å²) in [6.07, 6.45) is 0.0996. The average Bonchev–Trinajstić information content (AvgIpc) is 2.90. The first-order valence-electron chi connectivity index (χ1n) is 6.22. The molecule has 0 saturated carbocycles. The number of fused-ring (bicyclic) bond motifs is 1. The highest BCUT2D eigenvalue weighted by Crippen LogP contribution is 2.27. The number of carbonyl (C=O) groups is 1. The molecule has 1 saturated heterocycles. The summed E-state index contributed by atoms with van der Waals surface area (Å²) in [5.41, 5.74) is 0.816. The van der Waals surface area contributed by atoms with E-state index in [1.807, 2.05) is 28.5 Å². The van der Waals surface area contributed by atoms with Crippen molar-refractivity contribution in [1.29, 1.82) is 0 Å². The summed E-state index contributed by atoms with van der Waals surface area (Å²) in [6.45, 7) is 1.95. The minimum absolute atomic E-state index is 0.0996. The van der Waals surface area contributed by atoms with Gasteiger partial charge in [0.25, 0.3) is 5.91 Å². The highest BCUT2D eigenvalue weighted by molar-refractivity contribution is 9.09. The molecular weight excluding hydrogens is 326 g/mol. The monoisotopic (exact) mass is 339 g/mol. The number of hydrogen-bond donors (Lipinski definition) is 0. The summed E-state index contributed by atoms with van der Waals surface area (Å²) in [4.78, 5) is 14.5. The van der Waals surface area contributed by atoms with Crippen LogP contribution in [0.1, 0.15) is 10.4 Å². The number of alkyl halides is 1. The topological polar surface area (TPSA) is 29.5 Å². The van der Waals surface area contributed by atoms with Crippen molar-refractivity contribution in [2.75, 3.05) is 25.0 Å². The number of hydrogen-bond acceptors (Lipinski definition) is 3. The second-order valence-electron chi connectivity index (χ2n) is 4.54. The maximum absolute atomic E-state index is 12.6. The lowest BCUT2D eigenvalue weighted by Gasteiger charge is -2.32. The smallest absolute Gasteiger partial charge is 0.255 e. The summed E-state index contributed by atoms with van der Waals surface area (Å²) < 4.78 is 6.74. The first kappa shape index (κ1) is 13.1. The molecule has 1 aromatic heterocycles. The van der Waals surface area contributed by atoms with Crippen LogP contribution in [0.15, 0.2) is 29.6 Å². The molecule has 3 rings (SSSR count). The second kappa shape index (κ2) is 5.61. The quantitative estimate of drug-likeness (QED) is 0.786. The normalized spacial score (nSPS) is 19.8. The Morgan fingerprint density at radius 3 is 3.16 bits per heavy atom. The van der Waals surface area contributed by atoms with Gasteiger partial charge in [0.1, 0.15) is 0 Å². The molecule has 1 atom stereocenters. The number of amides is 1. The van der Waals surface area contributed by atoms with Crippen molar-refractivity contribution < 1.29 is 9.53 Å². The van der Waals surface area contributed by atoms with Crippen molar-refractivity contribution in [2.24, 2.45) is 0 Å². The molecule has 2 aromatic rings. The van der Waals surface area contributed by atoms with Crippen molar-refractivity contribution in [1.82, 2.24) is 4.90 Å². The fourth-order valence-electron chi connectivity index (χ4n) is 2.31. The van der Waals surface area contributed by atoms with Crippen LogP contribution in [0.25, 0.3) is 10.1 Å². The lowest BCUT2D eigenvalue weighted by molar-refractivity contribution is -0.00955. The van der Waals surface area contributed by atoms with E-state index in [9.17, 15) is 4.79 Å². The SMILES string of the molecule is O=C(c1csc2ccccc12)N1CCOC(CBr)C1. The number of thiophene rings is 1. The molecule has 0 N–H and O–H groups in total. The largest absolute Gasteiger partial charge is 0.374 e. The molecule has 0 spiro atoms. The van der Waals surface area contributed by atoms with Gasteiger partial charge in [0, 0.05) is 33.9 Å². The first-order valence-corrected chi connectivity index (χ1v) is 8.23. The molecule has 3 nitrogen and oxygen atoms in total.